The Morgan fingerprint density at radius 2 is 2.20 bits per heavy atom. The number of hydrogen-bond acceptors (Lipinski definition) is 4. The first-order valence-electron chi connectivity index (χ1n) is 5.76. The van der Waals surface area contributed by atoms with Crippen LogP contribution in [-0.2, 0) is 6.42 Å². The summed E-state index contributed by atoms with van der Waals surface area (Å²) in [6.45, 7) is 1.89. The van der Waals surface area contributed by atoms with Crippen molar-refractivity contribution in [1.29, 1.82) is 0 Å². The highest BCUT2D eigenvalue weighted by Gasteiger charge is 2.14. The number of carbonyl (C=O) groups excluding carboxylic acids is 1. The van der Waals surface area contributed by atoms with Crippen LogP contribution in [0.5, 0.6) is 0 Å². The molecule has 0 aliphatic heterocycles. The minimum atomic E-state index is -1.04. The summed E-state index contributed by atoms with van der Waals surface area (Å²) in [7, 11) is 0. The molecule has 1 aromatic heterocycles. The van der Waals surface area contributed by atoms with Gasteiger partial charge in [0.2, 0.25) is 5.82 Å². The van der Waals surface area contributed by atoms with Gasteiger partial charge in [-0.1, -0.05) is 6.92 Å². The molecule has 1 heterocycles. The molecule has 2 aromatic rings. The number of H-pyrrole nitrogens is 1. The molecule has 0 fully saturated rings. The third-order valence-electron chi connectivity index (χ3n) is 2.53. The number of carboxylic acid groups (broad SMARTS) is 1. The maximum Gasteiger partial charge on any atom is 0.335 e. The summed E-state index contributed by atoms with van der Waals surface area (Å²) in [5, 5.41) is 17.9. The second-order valence-electron chi connectivity index (χ2n) is 3.91. The summed E-state index contributed by atoms with van der Waals surface area (Å²) in [4.78, 5) is 26.7. The van der Waals surface area contributed by atoms with Gasteiger partial charge in [0.1, 0.15) is 5.82 Å². The average Bonchev–Trinajstić information content (AvgIpc) is 2.89. The van der Waals surface area contributed by atoms with Gasteiger partial charge in [0.25, 0.3) is 5.91 Å². The molecule has 0 spiro atoms. The molecule has 0 radical (unpaired) electrons. The van der Waals surface area contributed by atoms with Gasteiger partial charge in [-0.3, -0.25) is 9.89 Å². The van der Waals surface area contributed by atoms with Crippen LogP contribution in [0.15, 0.2) is 22.7 Å². The smallest absolute Gasteiger partial charge is 0.335 e. The zero-order chi connectivity index (χ0) is 14.7. The monoisotopic (exact) mass is 338 g/mol. The highest BCUT2D eigenvalue weighted by molar-refractivity contribution is 9.10. The van der Waals surface area contributed by atoms with Crippen LogP contribution < -0.4 is 5.32 Å². The second-order valence-corrected chi connectivity index (χ2v) is 4.77. The first kappa shape index (κ1) is 14.2. The van der Waals surface area contributed by atoms with Gasteiger partial charge >= 0.3 is 5.97 Å². The van der Waals surface area contributed by atoms with E-state index < -0.39 is 11.9 Å². The summed E-state index contributed by atoms with van der Waals surface area (Å²) in [6.07, 6.45) is 0.650. The molecule has 0 atom stereocenters. The molecule has 0 unspecified atom stereocenters. The van der Waals surface area contributed by atoms with Crippen molar-refractivity contribution in [1.82, 2.24) is 15.2 Å². The van der Waals surface area contributed by atoms with Gasteiger partial charge in [-0.05, 0) is 34.1 Å². The average molecular weight is 339 g/mol. The van der Waals surface area contributed by atoms with Gasteiger partial charge in [-0.25, -0.2) is 9.78 Å². The molecule has 8 heteroatoms. The van der Waals surface area contributed by atoms with Crippen LogP contribution in [0.3, 0.4) is 0 Å². The van der Waals surface area contributed by atoms with Crippen LogP contribution >= 0.6 is 15.9 Å². The third-order valence-corrected chi connectivity index (χ3v) is 3.19. The quantitative estimate of drug-likeness (QED) is 0.790. The number of halogens is 1. The summed E-state index contributed by atoms with van der Waals surface area (Å²) in [6, 6.07) is 4.31. The van der Waals surface area contributed by atoms with Gasteiger partial charge in [0.05, 0.1) is 11.3 Å². The number of amides is 1. The van der Waals surface area contributed by atoms with E-state index in [1.165, 1.54) is 18.2 Å². The molecule has 104 valence electrons. The van der Waals surface area contributed by atoms with E-state index in [1.54, 1.807) is 0 Å². The van der Waals surface area contributed by atoms with E-state index >= 15 is 0 Å². The van der Waals surface area contributed by atoms with Gasteiger partial charge in [-0.2, -0.15) is 0 Å². The summed E-state index contributed by atoms with van der Waals surface area (Å²) in [5.41, 5.74) is 0.573. The first-order valence-corrected chi connectivity index (χ1v) is 6.56. The van der Waals surface area contributed by atoms with Gasteiger partial charge in [0, 0.05) is 10.9 Å². The van der Waals surface area contributed by atoms with Crippen molar-refractivity contribution < 1.29 is 14.7 Å². The number of nitrogens with one attached hydrogen (secondary N) is 2. The number of anilines is 1. The fourth-order valence-corrected chi connectivity index (χ4v) is 1.96. The number of hydrogen-bond donors (Lipinski definition) is 3. The lowest BCUT2D eigenvalue weighted by atomic mass is 10.2. The standard InChI is InChI=1S/C12H11BrN4O3/c1-2-9-15-10(17-16-9)11(18)14-8-4-3-6(12(19)20)5-7(8)13/h3-5H,2H2,1H3,(H,14,18)(H,19,20)(H,15,16,17). The highest BCUT2D eigenvalue weighted by atomic mass is 79.9. The predicted molar refractivity (Wildman–Crippen MR) is 74.8 cm³/mol. The van der Waals surface area contributed by atoms with E-state index in [2.05, 4.69) is 36.4 Å². The topological polar surface area (TPSA) is 108 Å². The number of aromatic carboxylic acids is 1. The van der Waals surface area contributed by atoms with E-state index in [4.69, 9.17) is 5.11 Å². The fourth-order valence-electron chi connectivity index (χ4n) is 1.48. The molecule has 0 bridgehead atoms. The normalized spacial score (nSPS) is 10.3. The summed E-state index contributed by atoms with van der Waals surface area (Å²) in [5.74, 6) is -0.846. The number of aryl methyl sites for hydroxylation is 1. The Balaban J connectivity index is 2.17. The van der Waals surface area contributed by atoms with Gasteiger partial charge < -0.3 is 10.4 Å². The number of nitrogens with zero attached hydrogens (tertiary/aromatic N) is 2. The third kappa shape index (κ3) is 3.02. The Hall–Kier alpha value is -2.22. The summed E-state index contributed by atoms with van der Waals surface area (Å²) >= 11 is 3.21. The number of carboxylic acids is 1. The van der Waals surface area contributed by atoms with Crippen LogP contribution in [0.1, 0.15) is 33.7 Å². The molecular weight excluding hydrogens is 328 g/mol. The van der Waals surface area contributed by atoms with Crippen LogP contribution in [0, 0.1) is 0 Å². The molecule has 1 amide bonds. The molecule has 0 saturated heterocycles. The maximum absolute atomic E-state index is 11.9. The van der Waals surface area contributed by atoms with Gasteiger partial charge in [-0.15, -0.1) is 5.10 Å². The van der Waals surface area contributed by atoms with Crippen molar-refractivity contribution in [2.75, 3.05) is 5.32 Å². The van der Waals surface area contributed by atoms with E-state index in [1.807, 2.05) is 6.92 Å². The molecule has 0 saturated carbocycles. The number of aromatic nitrogens is 3. The first-order chi connectivity index (χ1) is 9.51. The fraction of sp³-hybridized carbons (Fsp3) is 0.167. The Morgan fingerprint density at radius 3 is 2.75 bits per heavy atom. The zero-order valence-electron chi connectivity index (χ0n) is 10.5. The van der Waals surface area contributed by atoms with E-state index in [9.17, 15) is 9.59 Å². The number of carbonyl (C=O) groups is 2. The Morgan fingerprint density at radius 1 is 1.45 bits per heavy atom. The Bertz CT molecular complexity index is 668. The number of rotatable bonds is 4. The lowest BCUT2D eigenvalue weighted by molar-refractivity contribution is 0.0696. The molecule has 2 rings (SSSR count). The molecule has 3 N–H and O–H groups in total. The lowest BCUT2D eigenvalue weighted by Crippen LogP contribution is -2.14. The molecular formula is C12H11BrN4O3. The van der Waals surface area contributed by atoms with Crippen molar-refractivity contribution >= 4 is 33.5 Å². The molecule has 7 nitrogen and oxygen atoms in total. The van der Waals surface area contributed by atoms with E-state index in [0.29, 0.717) is 22.4 Å². The van der Waals surface area contributed by atoms with Crippen LogP contribution in [0.4, 0.5) is 5.69 Å². The van der Waals surface area contributed by atoms with Crippen LogP contribution in [0.25, 0.3) is 0 Å². The molecule has 0 aliphatic carbocycles. The lowest BCUT2D eigenvalue weighted by Gasteiger charge is -2.06. The van der Waals surface area contributed by atoms with Crippen molar-refractivity contribution in [3.8, 4) is 0 Å². The molecule has 20 heavy (non-hydrogen) atoms. The maximum atomic E-state index is 11.9. The predicted octanol–water partition coefficient (Wildman–Crippen LogP) is 2.08. The zero-order valence-corrected chi connectivity index (χ0v) is 12.1. The van der Waals surface area contributed by atoms with Crippen molar-refractivity contribution in [3.05, 3.63) is 39.9 Å². The second kappa shape index (κ2) is 5.83. The largest absolute Gasteiger partial charge is 0.478 e. The number of benzene rings is 1. The van der Waals surface area contributed by atoms with Crippen molar-refractivity contribution in [2.24, 2.45) is 0 Å². The number of aromatic amines is 1. The van der Waals surface area contributed by atoms with Crippen molar-refractivity contribution in [2.45, 2.75) is 13.3 Å². The van der Waals surface area contributed by atoms with E-state index in [0.717, 1.165) is 0 Å². The minimum Gasteiger partial charge on any atom is -0.478 e. The van der Waals surface area contributed by atoms with E-state index in [-0.39, 0.29) is 11.4 Å². The highest BCUT2D eigenvalue weighted by Crippen LogP contribution is 2.24. The minimum absolute atomic E-state index is 0.0380. The SMILES string of the molecule is CCc1nc(C(=O)Nc2ccc(C(=O)O)cc2Br)n[nH]1. The summed E-state index contributed by atoms with van der Waals surface area (Å²) < 4.78 is 0.469. The van der Waals surface area contributed by atoms with Gasteiger partial charge in [0.15, 0.2) is 0 Å². The Labute approximate surface area is 122 Å². The molecule has 0 aliphatic rings. The van der Waals surface area contributed by atoms with Crippen LogP contribution in [0.2, 0.25) is 0 Å². The Kier molecular flexibility index (Phi) is 4.14. The molecule has 1 aromatic carbocycles. The van der Waals surface area contributed by atoms with Crippen molar-refractivity contribution in [3.63, 3.8) is 0 Å². The van der Waals surface area contributed by atoms with Crippen LogP contribution in [-0.4, -0.2) is 32.2 Å².